The predicted octanol–water partition coefficient (Wildman–Crippen LogP) is 3.08. The molecule has 26 heavy (non-hydrogen) atoms. The number of hydrogen-bond acceptors (Lipinski definition) is 5. The maximum absolute atomic E-state index is 12.7. The summed E-state index contributed by atoms with van der Waals surface area (Å²) in [5.41, 5.74) is -0.0750. The van der Waals surface area contributed by atoms with Gasteiger partial charge in [-0.25, -0.2) is 13.2 Å². The lowest BCUT2D eigenvalue weighted by atomic mass is 9.97. The minimum atomic E-state index is -3.49. The van der Waals surface area contributed by atoms with Crippen molar-refractivity contribution in [2.45, 2.75) is 63.1 Å². The van der Waals surface area contributed by atoms with Crippen molar-refractivity contribution >= 4 is 33.3 Å². The second kappa shape index (κ2) is 7.96. The molecule has 0 spiro atoms. The van der Waals surface area contributed by atoms with Gasteiger partial charge >= 0.3 is 5.97 Å². The van der Waals surface area contributed by atoms with Crippen LogP contribution in [0, 0.1) is 0 Å². The van der Waals surface area contributed by atoms with E-state index < -0.39 is 21.9 Å². The molecule has 0 bridgehead atoms. The molecule has 0 aromatic heterocycles. The number of carbonyl (C=O) groups excluding carboxylic acids is 2. The molecule has 1 fully saturated rings. The number of hydrogen-bond donors (Lipinski definition) is 0. The van der Waals surface area contributed by atoms with Crippen LogP contribution < -0.4 is 0 Å². The van der Waals surface area contributed by atoms with E-state index in [4.69, 9.17) is 16.3 Å². The summed E-state index contributed by atoms with van der Waals surface area (Å²) in [7, 11) is -3.49. The van der Waals surface area contributed by atoms with Crippen molar-refractivity contribution in [3.63, 3.8) is 0 Å². The maximum atomic E-state index is 12.7. The first-order valence-corrected chi connectivity index (χ1v) is 10.8. The normalized spacial score (nSPS) is 22.0. The lowest BCUT2D eigenvalue weighted by Crippen LogP contribution is -2.51. The zero-order valence-electron chi connectivity index (χ0n) is 15.4. The van der Waals surface area contributed by atoms with Crippen molar-refractivity contribution in [3.8, 4) is 0 Å². The average Bonchev–Trinajstić information content (AvgIpc) is 2.53. The van der Waals surface area contributed by atoms with Crippen molar-refractivity contribution in [2.75, 3.05) is 6.26 Å². The third-order valence-electron chi connectivity index (χ3n) is 4.67. The zero-order valence-corrected chi connectivity index (χ0v) is 16.9. The highest BCUT2D eigenvalue weighted by Crippen LogP contribution is 2.25. The Hall–Kier alpha value is -1.60. The predicted molar refractivity (Wildman–Crippen MR) is 99.1 cm³/mol. The fraction of sp³-hybridized carbons (Fsp3) is 0.556. The highest BCUT2D eigenvalue weighted by Gasteiger charge is 2.33. The van der Waals surface area contributed by atoms with E-state index in [0.717, 1.165) is 25.5 Å². The van der Waals surface area contributed by atoms with Crippen molar-refractivity contribution < 1.29 is 22.7 Å². The molecule has 3 atom stereocenters. The second-order valence-corrected chi connectivity index (χ2v) is 9.26. The summed E-state index contributed by atoms with van der Waals surface area (Å²) in [5.74, 6) is -1.08. The molecule has 0 unspecified atom stereocenters. The molecule has 6 nitrogen and oxygen atoms in total. The van der Waals surface area contributed by atoms with Crippen molar-refractivity contribution in [3.05, 3.63) is 28.8 Å². The Morgan fingerprint density at radius 1 is 1.23 bits per heavy atom. The van der Waals surface area contributed by atoms with Crippen LogP contribution in [0.25, 0.3) is 0 Å². The van der Waals surface area contributed by atoms with Crippen molar-refractivity contribution in [1.82, 2.24) is 4.90 Å². The molecule has 1 saturated heterocycles. The largest absolute Gasteiger partial charge is 0.449 e. The van der Waals surface area contributed by atoms with Gasteiger partial charge in [0.15, 0.2) is 15.9 Å². The van der Waals surface area contributed by atoms with Crippen LogP contribution in [0.4, 0.5) is 0 Å². The van der Waals surface area contributed by atoms with Gasteiger partial charge in [-0.3, -0.25) is 4.79 Å². The molecular formula is C18H24ClNO5S. The van der Waals surface area contributed by atoms with E-state index >= 15 is 0 Å². The molecule has 2 rings (SSSR count). The van der Waals surface area contributed by atoms with Crippen LogP contribution in [-0.2, 0) is 19.4 Å². The molecule has 1 amide bonds. The molecule has 1 aromatic carbocycles. The van der Waals surface area contributed by atoms with E-state index in [0.29, 0.717) is 0 Å². The summed E-state index contributed by atoms with van der Waals surface area (Å²) in [6.45, 7) is 5.48. The van der Waals surface area contributed by atoms with Gasteiger partial charge in [-0.1, -0.05) is 11.6 Å². The number of amides is 1. The van der Waals surface area contributed by atoms with Crippen LogP contribution in [0.2, 0.25) is 5.02 Å². The molecule has 0 saturated carbocycles. The van der Waals surface area contributed by atoms with Gasteiger partial charge in [0.1, 0.15) is 0 Å². The summed E-state index contributed by atoms with van der Waals surface area (Å²) in [6.07, 6.45) is 2.95. The first-order chi connectivity index (χ1) is 12.0. The monoisotopic (exact) mass is 401 g/mol. The average molecular weight is 402 g/mol. The molecule has 0 radical (unpaired) electrons. The number of rotatable bonds is 4. The highest BCUT2D eigenvalue weighted by atomic mass is 35.5. The van der Waals surface area contributed by atoms with Gasteiger partial charge in [0.05, 0.1) is 15.5 Å². The van der Waals surface area contributed by atoms with Gasteiger partial charge in [0, 0.05) is 18.3 Å². The van der Waals surface area contributed by atoms with E-state index in [2.05, 4.69) is 0 Å². The molecule has 1 aliphatic heterocycles. The van der Waals surface area contributed by atoms with Gasteiger partial charge in [0.2, 0.25) is 0 Å². The van der Waals surface area contributed by atoms with E-state index in [1.165, 1.54) is 25.1 Å². The van der Waals surface area contributed by atoms with Gasteiger partial charge in [-0.15, -0.1) is 0 Å². The minimum Gasteiger partial charge on any atom is -0.449 e. The fourth-order valence-electron chi connectivity index (χ4n) is 3.23. The smallest absolute Gasteiger partial charge is 0.340 e. The molecule has 8 heteroatoms. The fourth-order valence-corrected chi connectivity index (χ4v) is 4.07. The van der Waals surface area contributed by atoms with Crippen LogP contribution in [-0.4, -0.2) is 49.6 Å². The topological polar surface area (TPSA) is 80.8 Å². The van der Waals surface area contributed by atoms with Crippen LogP contribution in [0.3, 0.4) is 0 Å². The number of likely N-dealkylation sites (tertiary alicyclic amines) is 1. The first-order valence-electron chi connectivity index (χ1n) is 8.55. The SMILES string of the molecule is C[C@@H]1CCC[C@H](C)N1C(=O)[C@@H](C)OC(=O)c1cc(S(C)(=O)=O)ccc1Cl. The van der Waals surface area contributed by atoms with Crippen molar-refractivity contribution in [2.24, 2.45) is 0 Å². The van der Waals surface area contributed by atoms with Gasteiger partial charge in [-0.2, -0.15) is 0 Å². The van der Waals surface area contributed by atoms with E-state index in [9.17, 15) is 18.0 Å². The Morgan fingerprint density at radius 2 is 1.81 bits per heavy atom. The maximum Gasteiger partial charge on any atom is 0.340 e. The molecule has 0 N–H and O–H groups in total. The highest BCUT2D eigenvalue weighted by molar-refractivity contribution is 7.90. The molecule has 144 valence electrons. The Balaban J connectivity index is 2.17. The van der Waals surface area contributed by atoms with Gasteiger partial charge in [-0.05, 0) is 58.2 Å². The van der Waals surface area contributed by atoms with Crippen LogP contribution in [0.1, 0.15) is 50.4 Å². The molecular weight excluding hydrogens is 378 g/mol. The Morgan fingerprint density at radius 3 is 2.35 bits per heavy atom. The lowest BCUT2D eigenvalue weighted by Gasteiger charge is -2.40. The minimum absolute atomic E-state index is 0.0360. The number of nitrogens with zero attached hydrogens (tertiary/aromatic N) is 1. The quantitative estimate of drug-likeness (QED) is 0.724. The Labute approximate surface area is 159 Å². The van der Waals surface area contributed by atoms with Crippen LogP contribution in [0.15, 0.2) is 23.1 Å². The zero-order chi connectivity index (χ0) is 19.6. The number of benzene rings is 1. The number of halogens is 1. The molecule has 1 aliphatic rings. The van der Waals surface area contributed by atoms with E-state index in [1.807, 2.05) is 13.8 Å². The number of esters is 1. The number of sulfone groups is 1. The number of carbonyl (C=O) groups is 2. The molecule has 1 aromatic rings. The summed E-state index contributed by atoms with van der Waals surface area (Å²) >= 11 is 6.01. The standard InChI is InChI=1S/C18H24ClNO5S/c1-11-6-5-7-12(2)20(11)17(21)13(3)25-18(22)15-10-14(26(4,23)24)8-9-16(15)19/h8-13H,5-7H2,1-4H3/t11-,12+,13-/m1/s1. The van der Waals surface area contributed by atoms with E-state index in [-0.39, 0.29) is 33.5 Å². The van der Waals surface area contributed by atoms with Crippen molar-refractivity contribution in [1.29, 1.82) is 0 Å². The Kier molecular flexibility index (Phi) is 6.34. The number of piperidine rings is 1. The molecule has 0 aliphatic carbocycles. The third-order valence-corrected chi connectivity index (χ3v) is 6.11. The second-order valence-electron chi connectivity index (χ2n) is 6.84. The lowest BCUT2D eigenvalue weighted by molar-refractivity contribution is -0.146. The number of ether oxygens (including phenoxy) is 1. The van der Waals surface area contributed by atoms with E-state index in [1.54, 1.807) is 4.90 Å². The first kappa shape index (κ1) is 20.7. The summed E-state index contributed by atoms with van der Waals surface area (Å²) in [6, 6.07) is 3.99. The molecule has 1 heterocycles. The third kappa shape index (κ3) is 4.57. The Bertz CT molecular complexity index is 798. The van der Waals surface area contributed by atoms with Gasteiger partial charge < -0.3 is 9.64 Å². The van der Waals surface area contributed by atoms with Gasteiger partial charge in [0.25, 0.3) is 5.91 Å². The van der Waals surface area contributed by atoms with Crippen LogP contribution in [0.5, 0.6) is 0 Å². The van der Waals surface area contributed by atoms with Crippen LogP contribution >= 0.6 is 11.6 Å². The summed E-state index contributed by atoms with van der Waals surface area (Å²) < 4.78 is 28.6. The summed E-state index contributed by atoms with van der Waals surface area (Å²) in [5, 5.41) is 0.0711. The summed E-state index contributed by atoms with van der Waals surface area (Å²) in [4.78, 5) is 26.9.